The Hall–Kier alpha value is -1.72. The summed E-state index contributed by atoms with van der Waals surface area (Å²) >= 11 is 0. The summed E-state index contributed by atoms with van der Waals surface area (Å²) in [7, 11) is -4.35. The van der Waals surface area contributed by atoms with Gasteiger partial charge in [0, 0.05) is 12.1 Å². The van der Waals surface area contributed by atoms with E-state index < -0.39 is 38.2 Å². The predicted octanol–water partition coefficient (Wildman–Crippen LogP) is 1.57. The minimum Gasteiger partial charge on any atom is -0.382 e. The Morgan fingerprint density at radius 2 is 1.82 bits per heavy atom. The molecule has 7 nitrogen and oxygen atoms in total. The largest absolute Gasteiger partial charge is 0.415 e. The molecule has 0 bridgehead atoms. The van der Waals surface area contributed by atoms with Crippen molar-refractivity contribution >= 4 is 15.7 Å². The quantitative estimate of drug-likeness (QED) is 0.602. The van der Waals surface area contributed by atoms with Crippen molar-refractivity contribution in [3.63, 3.8) is 0 Å². The summed E-state index contributed by atoms with van der Waals surface area (Å²) in [5.74, 6) is 0. The molecule has 22 heavy (non-hydrogen) atoms. The van der Waals surface area contributed by atoms with Gasteiger partial charge in [0.1, 0.15) is 0 Å². The van der Waals surface area contributed by atoms with Crippen molar-refractivity contribution in [2.75, 3.05) is 0 Å². The number of rotatable bonds is 6. The van der Waals surface area contributed by atoms with Gasteiger partial charge in [0.05, 0.1) is 15.9 Å². The molecule has 0 aliphatic carbocycles. The molecule has 0 saturated carbocycles. The molecule has 0 aromatic heterocycles. The molecule has 124 valence electrons. The molecule has 0 spiro atoms. The van der Waals surface area contributed by atoms with Crippen LogP contribution in [-0.4, -0.2) is 36.8 Å². The lowest BCUT2D eigenvalue weighted by Crippen LogP contribution is -2.49. The molecule has 2 atom stereocenters. The van der Waals surface area contributed by atoms with Gasteiger partial charge in [0.2, 0.25) is 10.0 Å². The monoisotopic (exact) mass is 342 g/mol. The van der Waals surface area contributed by atoms with Gasteiger partial charge in [-0.05, 0) is 18.6 Å². The van der Waals surface area contributed by atoms with Crippen LogP contribution in [0.2, 0.25) is 0 Å². The van der Waals surface area contributed by atoms with Crippen LogP contribution < -0.4 is 4.72 Å². The Labute approximate surface area is 124 Å². The van der Waals surface area contributed by atoms with E-state index >= 15 is 0 Å². The van der Waals surface area contributed by atoms with Crippen LogP contribution in [0.25, 0.3) is 0 Å². The maximum atomic E-state index is 12.4. The summed E-state index contributed by atoms with van der Waals surface area (Å²) in [5, 5.41) is 19.6. The molecule has 0 aliphatic rings. The number of sulfonamides is 1. The van der Waals surface area contributed by atoms with Crippen molar-refractivity contribution in [1.82, 2.24) is 4.72 Å². The summed E-state index contributed by atoms with van der Waals surface area (Å²) in [6, 6.07) is 1.85. The fourth-order valence-electron chi connectivity index (χ4n) is 1.61. The minimum absolute atomic E-state index is 0.299. The molecule has 0 saturated heterocycles. The number of alkyl halides is 3. The summed E-state index contributed by atoms with van der Waals surface area (Å²) in [6.45, 7) is 1.28. The van der Waals surface area contributed by atoms with E-state index in [4.69, 9.17) is 5.11 Å². The molecule has 1 aromatic rings. The van der Waals surface area contributed by atoms with Crippen molar-refractivity contribution in [3.8, 4) is 0 Å². The first-order valence-corrected chi connectivity index (χ1v) is 7.49. The molecule has 1 rings (SSSR count). The third kappa shape index (κ3) is 4.39. The highest BCUT2D eigenvalue weighted by molar-refractivity contribution is 7.89. The maximum Gasteiger partial charge on any atom is 0.415 e. The first kappa shape index (κ1) is 18.3. The van der Waals surface area contributed by atoms with Crippen LogP contribution in [0.5, 0.6) is 0 Å². The average Bonchev–Trinajstić information content (AvgIpc) is 2.43. The Kier molecular flexibility index (Phi) is 5.49. The summed E-state index contributed by atoms with van der Waals surface area (Å²) in [5.41, 5.74) is -0.360. The Bertz CT molecular complexity index is 630. The summed E-state index contributed by atoms with van der Waals surface area (Å²) in [6.07, 6.45) is -8.13. The molecular weight excluding hydrogens is 329 g/mol. The van der Waals surface area contributed by atoms with E-state index in [2.05, 4.69) is 0 Å². The average molecular weight is 342 g/mol. The van der Waals surface area contributed by atoms with Gasteiger partial charge < -0.3 is 5.11 Å². The molecule has 0 radical (unpaired) electrons. The summed E-state index contributed by atoms with van der Waals surface area (Å²) < 4.78 is 63.0. The van der Waals surface area contributed by atoms with E-state index in [1.54, 1.807) is 4.72 Å². The standard InChI is InChI=1S/C11H13F3N2O5S/c1-2-9(10(17)11(12,13)14)15-22(20,21)8-5-3-7(4-6-8)16(18)19/h3-6,9-10,15,17H,2H2,1H3/t9-,10-/m0/s1. The first-order chi connectivity index (χ1) is 9.99. The molecule has 0 aliphatic heterocycles. The number of non-ortho nitro benzene ring substituents is 1. The van der Waals surface area contributed by atoms with E-state index in [1.807, 2.05) is 0 Å². The van der Waals surface area contributed by atoms with E-state index in [-0.39, 0.29) is 12.1 Å². The van der Waals surface area contributed by atoms with Crippen molar-refractivity contribution in [2.45, 2.75) is 36.6 Å². The SMILES string of the molecule is CC[C@H](NS(=O)(=O)c1ccc([N+](=O)[O-])cc1)[C@H](O)C(F)(F)F. The van der Waals surface area contributed by atoms with Gasteiger partial charge in [-0.25, -0.2) is 13.1 Å². The zero-order valence-corrected chi connectivity index (χ0v) is 12.1. The van der Waals surface area contributed by atoms with Crippen molar-refractivity contribution in [2.24, 2.45) is 0 Å². The molecule has 0 unspecified atom stereocenters. The topological polar surface area (TPSA) is 110 Å². The van der Waals surface area contributed by atoms with Gasteiger partial charge in [-0.2, -0.15) is 13.2 Å². The van der Waals surface area contributed by atoms with Gasteiger partial charge in [-0.3, -0.25) is 10.1 Å². The van der Waals surface area contributed by atoms with Crippen LogP contribution in [0, 0.1) is 10.1 Å². The molecule has 11 heteroatoms. The Balaban J connectivity index is 3.01. The van der Waals surface area contributed by atoms with Crippen molar-refractivity contribution in [3.05, 3.63) is 34.4 Å². The Morgan fingerprint density at radius 1 is 1.32 bits per heavy atom. The fraction of sp³-hybridized carbons (Fsp3) is 0.455. The highest BCUT2D eigenvalue weighted by atomic mass is 32.2. The third-order valence-corrected chi connectivity index (χ3v) is 4.33. The van der Waals surface area contributed by atoms with Gasteiger partial charge in [0.25, 0.3) is 5.69 Å². The van der Waals surface area contributed by atoms with Crippen LogP contribution >= 0.6 is 0 Å². The van der Waals surface area contributed by atoms with Gasteiger partial charge in [0.15, 0.2) is 6.10 Å². The maximum absolute atomic E-state index is 12.4. The smallest absolute Gasteiger partial charge is 0.382 e. The number of aliphatic hydroxyl groups excluding tert-OH is 1. The second-order valence-electron chi connectivity index (χ2n) is 4.37. The van der Waals surface area contributed by atoms with Gasteiger partial charge >= 0.3 is 6.18 Å². The van der Waals surface area contributed by atoms with E-state index in [1.165, 1.54) is 6.92 Å². The number of hydrogen-bond acceptors (Lipinski definition) is 5. The van der Waals surface area contributed by atoms with Gasteiger partial charge in [-0.1, -0.05) is 6.92 Å². The highest BCUT2D eigenvalue weighted by Crippen LogP contribution is 2.25. The van der Waals surface area contributed by atoms with E-state index in [0.717, 1.165) is 24.3 Å². The number of halogens is 3. The lowest BCUT2D eigenvalue weighted by molar-refractivity contribution is -0.384. The molecule has 2 N–H and O–H groups in total. The number of hydrogen-bond donors (Lipinski definition) is 2. The Morgan fingerprint density at radius 3 is 2.18 bits per heavy atom. The molecule has 1 aromatic carbocycles. The van der Waals surface area contributed by atoms with Crippen molar-refractivity contribution in [1.29, 1.82) is 0 Å². The second-order valence-corrected chi connectivity index (χ2v) is 6.09. The molecule has 0 amide bonds. The normalized spacial score (nSPS) is 15.3. The van der Waals surface area contributed by atoms with E-state index in [0.29, 0.717) is 0 Å². The van der Waals surface area contributed by atoms with E-state index in [9.17, 15) is 31.7 Å². The zero-order chi connectivity index (χ0) is 17.1. The number of nitrogens with one attached hydrogen (secondary N) is 1. The second kappa shape index (κ2) is 6.58. The molecular formula is C11H13F3N2O5S. The zero-order valence-electron chi connectivity index (χ0n) is 11.2. The van der Waals surface area contributed by atoms with Crippen LogP contribution in [0.4, 0.5) is 18.9 Å². The lowest BCUT2D eigenvalue weighted by Gasteiger charge is -2.24. The lowest BCUT2D eigenvalue weighted by atomic mass is 10.1. The molecule has 0 heterocycles. The van der Waals surface area contributed by atoms with Crippen LogP contribution in [0.15, 0.2) is 29.2 Å². The fourth-order valence-corrected chi connectivity index (χ4v) is 2.94. The van der Waals surface area contributed by atoms with Crippen LogP contribution in [-0.2, 0) is 10.0 Å². The predicted molar refractivity (Wildman–Crippen MR) is 69.6 cm³/mol. The minimum atomic E-state index is -4.97. The van der Waals surface area contributed by atoms with Crippen LogP contribution in [0.3, 0.4) is 0 Å². The number of nitro benzene ring substituents is 1. The number of aliphatic hydroxyl groups is 1. The number of benzene rings is 1. The first-order valence-electron chi connectivity index (χ1n) is 6.00. The van der Waals surface area contributed by atoms with Crippen molar-refractivity contribution < 1.29 is 31.6 Å². The number of nitro groups is 1. The number of nitrogens with zero attached hydrogens (tertiary/aromatic N) is 1. The van der Waals surface area contributed by atoms with Gasteiger partial charge in [-0.15, -0.1) is 0 Å². The third-order valence-electron chi connectivity index (χ3n) is 2.82. The molecule has 0 fully saturated rings. The highest BCUT2D eigenvalue weighted by Gasteiger charge is 2.44. The van der Waals surface area contributed by atoms with Crippen LogP contribution in [0.1, 0.15) is 13.3 Å². The summed E-state index contributed by atoms with van der Waals surface area (Å²) in [4.78, 5) is 9.29.